The van der Waals surface area contributed by atoms with Crippen molar-refractivity contribution in [2.75, 3.05) is 6.54 Å². The molecule has 0 aromatic heterocycles. The molecule has 0 heterocycles. The summed E-state index contributed by atoms with van der Waals surface area (Å²) < 4.78 is 5.93. The highest BCUT2D eigenvalue weighted by Crippen LogP contribution is 2.08. The van der Waals surface area contributed by atoms with Crippen LogP contribution in [0.3, 0.4) is 0 Å². The van der Waals surface area contributed by atoms with Crippen LogP contribution < -0.4 is 0 Å². The van der Waals surface area contributed by atoms with Crippen LogP contribution in [-0.2, 0) is 9.22 Å². The minimum atomic E-state index is -0.917. The molecule has 0 fully saturated rings. The molecule has 0 N–H and O–H groups in total. The van der Waals surface area contributed by atoms with Gasteiger partial charge >= 0.3 is 0 Å². The number of carbonyl (C=O) groups excluding carboxylic acids is 1. The zero-order valence-corrected chi connectivity index (χ0v) is 10.6. The van der Waals surface area contributed by atoms with Gasteiger partial charge in [-0.15, -0.1) is 0 Å². The van der Waals surface area contributed by atoms with Crippen molar-refractivity contribution in [3.8, 4) is 0 Å². The summed E-state index contributed by atoms with van der Waals surface area (Å²) in [6, 6.07) is 2.40. The van der Waals surface area contributed by atoms with Gasteiger partial charge in [-0.3, -0.25) is 0 Å². The number of aliphatic imine (C=N–C) groups is 1. The van der Waals surface area contributed by atoms with E-state index in [0.29, 0.717) is 12.6 Å². The number of nitrogens with zero attached hydrogens (tertiary/aromatic N) is 1. The molecule has 0 aliphatic carbocycles. The van der Waals surface area contributed by atoms with E-state index in [9.17, 15) is 4.79 Å². The summed E-state index contributed by atoms with van der Waals surface area (Å²) in [6.07, 6.45) is 3.79. The lowest BCUT2D eigenvalue weighted by molar-refractivity contribution is 0.208. The van der Waals surface area contributed by atoms with Gasteiger partial charge in [0.2, 0.25) is 6.08 Å². The Bertz CT molecular complexity index is 177. The monoisotopic (exact) mass is 215 g/mol. The van der Waals surface area contributed by atoms with Crippen molar-refractivity contribution in [2.45, 2.75) is 51.8 Å². The van der Waals surface area contributed by atoms with Crippen LogP contribution in [0, 0.1) is 0 Å². The third-order valence-corrected chi connectivity index (χ3v) is 4.95. The summed E-state index contributed by atoms with van der Waals surface area (Å²) in [5.74, 6) is 0. The summed E-state index contributed by atoms with van der Waals surface area (Å²) in [5.41, 5.74) is 0. The largest absolute Gasteiger partial charge is 0.417 e. The van der Waals surface area contributed by atoms with Crippen LogP contribution in [0.1, 0.15) is 33.6 Å². The highest BCUT2D eigenvalue weighted by atomic mass is 28.3. The van der Waals surface area contributed by atoms with E-state index in [1.54, 1.807) is 6.08 Å². The van der Waals surface area contributed by atoms with Crippen LogP contribution in [0.5, 0.6) is 0 Å². The first-order chi connectivity index (χ1) is 6.74. The van der Waals surface area contributed by atoms with E-state index in [4.69, 9.17) is 4.43 Å². The minimum Gasteiger partial charge on any atom is -0.417 e. The molecule has 0 rings (SSSR count). The number of hydrogen-bond acceptors (Lipinski definition) is 3. The van der Waals surface area contributed by atoms with Gasteiger partial charge in [0, 0.05) is 6.10 Å². The molecule has 1 unspecified atom stereocenters. The molecule has 0 amide bonds. The Morgan fingerprint density at radius 3 is 2.57 bits per heavy atom. The number of hydrogen-bond donors (Lipinski definition) is 0. The maximum Gasteiger partial charge on any atom is 0.234 e. The fourth-order valence-electron chi connectivity index (χ4n) is 1.38. The van der Waals surface area contributed by atoms with E-state index in [1.807, 2.05) is 0 Å². The SMILES string of the molecule is CC[SiH](CC)OC(C)CCCN=C=O. The molecule has 14 heavy (non-hydrogen) atoms. The van der Waals surface area contributed by atoms with Gasteiger partial charge in [0.05, 0.1) is 6.54 Å². The molecule has 0 aromatic rings. The van der Waals surface area contributed by atoms with Crippen molar-refractivity contribution >= 4 is 15.1 Å². The first-order valence-electron chi connectivity index (χ1n) is 5.43. The zero-order chi connectivity index (χ0) is 10.8. The van der Waals surface area contributed by atoms with E-state index in [1.165, 1.54) is 12.1 Å². The smallest absolute Gasteiger partial charge is 0.234 e. The van der Waals surface area contributed by atoms with Crippen molar-refractivity contribution in [3.05, 3.63) is 0 Å². The summed E-state index contributed by atoms with van der Waals surface area (Å²) in [4.78, 5) is 13.3. The molecule has 82 valence electrons. The van der Waals surface area contributed by atoms with Gasteiger partial charge in [-0.2, -0.15) is 0 Å². The van der Waals surface area contributed by atoms with E-state index in [-0.39, 0.29) is 0 Å². The second kappa shape index (κ2) is 9.13. The minimum absolute atomic E-state index is 0.327. The Balaban J connectivity index is 3.52. The van der Waals surface area contributed by atoms with Gasteiger partial charge in [-0.05, 0) is 31.9 Å². The molecule has 0 saturated carbocycles. The van der Waals surface area contributed by atoms with Crippen LogP contribution in [-0.4, -0.2) is 27.8 Å². The molecule has 0 aromatic carbocycles. The van der Waals surface area contributed by atoms with Crippen molar-refractivity contribution in [2.24, 2.45) is 4.99 Å². The maximum absolute atomic E-state index is 9.80. The lowest BCUT2D eigenvalue weighted by Crippen LogP contribution is -2.22. The van der Waals surface area contributed by atoms with Crippen LogP contribution in [0.4, 0.5) is 0 Å². The van der Waals surface area contributed by atoms with E-state index < -0.39 is 9.04 Å². The molecule has 0 spiro atoms. The predicted molar refractivity (Wildman–Crippen MR) is 60.9 cm³/mol. The second-order valence-corrected chi connectivity index (χ2v) is 6.65. The van der Waals surface area contributed by atoms with Crippen molar-refractivity contribution in [3.63, 3.8) is 0 Å². The third kappa shape index (κ3) is 7.01. The van der Waals surface area contributed by atoms with Gasteiger partial charge in [-0.25, -0.2) is 9.79 Å². The Hall–Kier alpha value is -0.443. The third-order valence-electron chi connectivity index (χ3n) is 2.28. The van der Waals surface area contributed by atoms with E-state index in [0.717, 1.165) is 12.8 Å². The lowest BCUT2D eigenvalue weighted by Gasteiger charge is -2.18. The first-order valence-corrected chi connectivity index (χ1v) is 7.54. The second-order valence-electron chi connectivity index (χ2n) is 3.50. The molecule has 3 nitrogen and oxygen atoms in total. The van der Waals surface area contributed by atoms with Crippen LogP contribution >= 0.6 is 0 Å². The number of rotatable bonds is 8. The summed E-state index contributed by atoms with van der Waals surface area (Å²) in [6.45, 7) is 7.09. The molecule has 1 atom stereocenters. The van der Waals surface area contributed by atoms with Crippen molar-refractivity contribution in [1.82, 2.24) is 0 Å². The Morgan fingerprint density at radius 1 is 1.43 bits per heavy atom. The molecule has 0 aliphatic heterocycles. The highest BCUT2D eigenvalue weighted by molar-refractivity contribution is 6.51. The summed E-state index contributed by atoms with van der Waals surface area (Å²) >= 11 is 0. The normalized spacial score (nSPS) is 12.6. The van der Waals surface area contributed by atoms with Gasteiger partial charge < -0.3 is 4.43 Å². The summed E-state index contributed by atoms with van der Waals surface area (Å²) in [7, 11) is -0.917. The quantitative estimate of drug-likeness (QED) is 0.270. The molecule has 0 bridgehead atoms. The fraction of sp³-hybridized carbons (Fsp3) is 0.900. The Morgan fingerprint density at radius 2 is 2.07 bits per heavy atom. The van der Waals surface area contributed by atoms with Crippen LogP contribution in [0.25, 0.3) is 0 Å². The molecule has 0 saturated heterocycles. The fourth-order valence-corrected chi connectivity index (χ4v) is 3.14. The predicted octanol–water partition coefficient (Wildman–Crippen LogP) is 2.27. The Labute approximate surface area is 88.3 Å². The van der Waals surface area contributed by atoms with Crippen LogP contribution in [0.15, 0.2) is 4.99 Å². The molecule has 4 heteroatoms. The first kappa shape index (κ1) is 13.6. The maximum atomic E-state index is 9.80. The average molecular weight is 215 g/mol. The zero-order valence-electron chi connectivity index (χ0n) is 9.45. The van der Waals surface area contributed by atoms with E-state index in [2.05, 4.69) is 25.8 Å². The van der Waals surface area contributed by atoms with Crippen molar-refractivity contribution in [1.29, 1.82) is 0 Å². The van der Waals surface area contributed by atoms with Gasteiger partial charge in [0.25, 0.3) is 0 Å². The standard InChI is InChI=1S/C10H21NO2Si/c1-4-14(5-2)13-10(3)7-6-8-11-9-12/h10,14H,4-8H2,1-3H3. The van der Waals surface area contributed by atoms with E-state index >= 15 is 0 Å². The topological polar surface area (TPSA) is 38.7 Å². The Kier molecular flexibility index (Phi) is 8.84. The van der Waals surface area contributed by atoms with Crippen molar-refractivity contribution < 1.29 is 9.22 Å². The molecule has 0 radical (unpaired) electrons. The highest BCUT2D eigenvalue weighted by Gasteiger charge is 2.10. The summed E-state index contributed by atoms with van der Waals surface area (Å²) in [5, 5.41) is 0. The molecular formula is C10H21NO2Si. The number of isocyanates is 1. The van der Waals surface area contributed by atoms with Gasteiger partial charge in [-0.1, -0.05) is 13.8 Å². The lowest BCUT2D eigenvalue weighted by atomic mass is 10.2. The average Bonchev–Trinajstić information content (AvgIpc) is 2.21. The molecule has 0 aliphatic rings. The van der Waals surface area contributed by atoms with Crippen LogP contribution in [0.2, 0.25) is 12.1 Å². The van der Waals surface area contributed by atoms with Gasteiger partial charge in [0.1, 0.15) is 0 Å². The molecular weight excluding hydrogens is 194 g/mol. The van der Waals surface area contributed by atoms with Gasteiger partial charge in [0.15, 0.2) is 9.04 Å².